The first-order chi connectivity index (χ1) is 12.6. The summed E-state index contributed by atoms with van der Waals surface area (Å²) >= 11 is 1.53. The molecule has 138 valence electrons. The highest BCUT2D eigenvalue weighted by Crippen LogP contribution is 2.21. The van der Waals surface area contributed by atoms with Crippen molar-refractivity contribution in [2.24, 2.45) is 0 Å². The van der Waals surface area contributed by atoms with Crippen LogP contribution in [0.3, 0.4) is 0 Å². The van der Waals surface area contributed by atoms with E-state index in [-0.39, 0.29) is 4.90 Å². The van der Waals surface area contributed by atoms with Crippen molar-refractivity contribution in [1.29, 1.82) is 0 Å². The van der Waals surface area contributed by atoms with Crippen molar-refractivity contribution in [2.75, 3.05) is 31.9 Å². The molecule has 0 saturated carbocycles. The van der Waals surface area contributed by atoms with Crippen LogP contribution >= 0.6 is 11.8 Å². The Balaban J connectivity index is 1.59. The monoisotopic (exact) mass is 389 g/mol. The van der Waals surface area contributed by atoms with Gasteiger partial charge in [-0.1, -0.05) is 36.4 Å². The second kappa shape index (κ2) is 8.81. The molecule has 0 radical (unpaired) electrons. The number of nitrogens with zero attached hydrogens (tertiary/aromatic N) is 3. The molecule has 1 fully saturated rings. The van der Waals surface area contributed by atoms with Crippen LogP contribution in [0.1, 0.15) is 5.56 Å². The van der Waals surface area contributed by atoms with Crippen LogP contribution in [0.2, 0.25) is 0 Å². The summed E-state index contributed by atoms with van der Waals surface area (Å²) in [6.07, 6.45) is 3.25. The molecule has 5 nitrogen and oxygen atoms in total. The van der Waals surface area contributed by atoms with E-state index >= 15 is 0 Å². The third kappa shape index (κ3) is 4.73. The minimum atomic E-state index is -3.48. The highest BCUT2D eigenvalue weighted by atomic mass is 32.2. The highest BCUT2D eigenvalue weighted by Gasteiger charge is 2.28. The van der Waals surface area contributed by atoms with Crippen LogP contribution in [0.4, 0.5) is 0 Å². The number of aromatic nitrogens is 1. The summed E-state index contributed by atoms with van der Waals surface area (Å²) in [7, 11) is -3.48. The lowest BCUT2D eigenvalue weighted by Crippen LogP contribution is -2.48. The van der Waals surface area contributed by atoms with Gasteiger partial charge >= 0.3 is 0 Å². The van der Waals surface area contributed by atoms with Gasteiger partial charge in [0.2, 0.25) is 10.0 Å². The van der Waals surface area contributed by atoms with E-state index in [1.807, 2.05) is 18.2 Å². The zero-order chi connectivity index (χ0) is 18.4. The van der Waals surface area contributed by atoms with Crippen LogP contribution < -0.4 is 0 Å². The molecule has 0 unspecified atom stereocenters. The molecule has 1 aliphatic heterocycles. The van der Waals surface area contributed by atoms with Crippen molar-refractivity contribution < 1.29 is 8.42 Å². The molecule has 1 aromatic carbocycles. The van der Waals surface area contributed by atoms with Crippen molar-refractivity contribution in [3.8, 4) is 0 Å². The SMILES string of the molecule is C=CCSc1ccc(S(=O)(=O)N2CCN(Cc3ccccc3)CC2)cn1. The van der Waals surface area contributed by atoms with Crippen molar-refractivity contribution in [1.82, 2.24) is 14.2 Å². The molecule has 0 aliphatic carbocycles. The van der Waals surface area contributed by atoms with Gasteiger partial charge in [-0.05, 0) is 17.7 Å². The number of pyridine rings is 1. The average molecular weight is 390 g/mol. The van der Waals surface area contributed by atoms with Gasteiger partial charge in [-0.15, -0.1) is 18.3 Å². The molecule has 1 aliphatic rings. The third-order valence-corrected chi connectivity index (χ3v) is 7.10. The lowest BCUT2D eigenvalue weighted by molar-refractivity contribution is 0.181. The van der Waals surface area contributed by atoms with Crippen LogP contribution in [0, 0.1) is 0 Å². The van der Waals surface area contributed by atoms with Gasteiger partial charge in [0, 0.05) is 44.7 Å². The molecule has 1 saturated heterocycles. The molecule has 0 N–H and O–H groups in total. The number of hydrogen-bond donors (Lipinski definition) is 0. The molecule has 0 spiro atoms. The van der Waals surface area contributed by atoms with Crippen LogP contribution in [0.25, 0.3) is 0 Å². The number of thioether (sulfide) groups is 1. The van der Waals surface area contributed by atoms with Gasteiger partial charge in [0.25, 0.3) is 0 Å². The van der Waals surface area contributed by atoms with Gasteiger partial charge in [-0.2, -0.15) is 4.31 Å². The van der Waals surface area contributed by atoms with E-state index in [1.54, 1.807) is 22.5 Å². The Kier molecular flexibility index (Phi) is 6.48. The van der Waals surface area contributed by atoms with E-state index in [2.05, 4.69) is 28.6 Å². The minimum absolute atomic E-state index is 0.261. The largest absolute Gasteiger partial charge is 0.296 e. The third-order valence-electron chi connectivity index (χ3n) is 4.28. The maximum Gasteiger partial charge on any atom is 0.244 e. The second-order valence-corrected chi connectivity index (χ2v) is 9.08. The molecule has 2 aromatic rings. The normalized spacial score (nSPS) is 16.5. The van der Waals surface area contributed by atoms with Gasteiger partial charge in [0.05, 0.1) is 5.03 Å². The topological polar surface area (TPSA) is 53.5 Å². The average Bonchev–Trinajstić information content (AvgIpc) is 2.68. The van der Waals surface area contributed by atoms with Crippen LogP contribution in [-0.4, -0.2) is 54.5 Å². The van der Waals surface area contributed by atoms with E-state index in [4.69, 9.17) is 0 Å². The van der Waals surface area contributed by atoms with E-state index in [9.17, 15) is 8.42 Å². The van der Waals surface area contributed by atoms with Gasteiger partial charge in [-0.25, -0.2) is 13.4 Å². The fourth-order valence-corrected chi connectivity index (χ4v) is 4.82. The summed E-state index contributed by atoms with van der Waals surface area (Å²) in [6, 6.07) is 13.7. The first-order valence-electron chi connectivity index (χ1n) is 8.56. The second-order valence-electron chi connectivity index (χ2n) is 6.10. The summed E-state index contributed by atoms with van der Waals surface area (Å²) in [5.74, 6) is 0.752. The summed E-state index contributed by atoms with van der Waals surface area (Å²) < 4.78 is 27.2. The predicted molar refractivity (Wildman–Crippen MR) is 106 cm³/mol. The maximum atomic E-state index is 12.8. The molecule has 3 rings (SSSR count). The Morgan fingerprint density at radius 2 is 1.81 bits per heavy atom. The van der Waals surface area contributed by atoms with E-state index in [0.29, 0.717) is 13.1 Å². The fourth-order valence-electron chi connectivity index (χ4n) is 2.87. The summed E-state index contributed by atoms with van der Waals surface area (Å²) in [4.78, 5) is 6.79. The van der Waals surface area contributed by atoms with Crippen molar-refractivity contribution in [3.63, 3.8) is 0 Å². The van der Waals surface area contributed by atoms with Crippen LogP contribution in [-0.2, 0) is 16.6 Å². The van der Waals surface area contributed by atoms with Crippen molar-refractivity contribution in [2.45, 2.75) is 16.5 Å². The molecular weight excluding hydrogens is 366 g/mol. The Bertz CT molecular complexity index is 816. The zero-order valence-corrected chi connectivity index (χ0v) is 16.3. The molecule has 1 aromatic heterocycles. The number of benzene rings is 1. The Morgan fingerprint density at radius 1 is 1.08 bits per heavy atom. The van der Waals surface area contributed by atoms with Gasteiger partial charge < -0.3 is 0 Å². The quantitative estimate of drug-likeness (QED) is 0.538. The summed E-state index contributed by atoms with van der Waals surface area (Å²) in [5, 5.41) is 0.802. The van der Waals surface area contributed by atoms with E-state index < -0.39 is 10.0 Å². The van der Waals surface area contributed by atoms with Crippen molar-refractivity contribution in [3.05, 3.63) is 66.9 Å². The molecule has 0 amide bonds. The molecule has 7 heteroatoms. The summed E-state index contributed by atoms with van der Waals surface area (Å²) in [5.41, 5.74) is 1.25. The first kappa shape index (κ1) is 19.1. The number of sulfonamides is 1. The maximum absolute atomic E-state index is 12.8. The first-order valence-corrected chi connectivity index (χ1v) is 11.0. The van der Waals surface area contributed by atoms with E-state index in [1.165, 1.54) is 23.5 Å². The molecular formula is C19H23N3O2S2. The Morgan fingerprint density at radius 3 is 2.42 bits per heavy atom. The smallest absolute Gasteiger partial charge is 0.244 e. The molecule has 0 atom stereocenters. The van der Waals surface area contributed by atoms with Crippen LogP contribution in [0.5, 0.6) is 0 Å². The summed E-state index contributed by atoms with van der Waals surface area (Å²) in [6.45, 7) is 6.99. The van der Waals surface area contributed by atoms with Crippen LogP contribution in [0.15, 0.2) is 71.2 Å². The number of hydrogen-bond acceptors (Lipinski definition) is 5. The highest BCUT2D eigenvalue weighted by molar-refractivity contribution is 7.99. The zero-order valence-electron chi connectivity index (χ0n) is 14.6. The minimum Gasteiger partial charge on any atom is -0.296 e. The Labute approximate surface area is 159 Å². The van der Waals surface area contributed by atoms with Crippen molar-refractivity contribution >= 4 is 21.8 Å². The standard InChI is InChI=1S/C19H23N3O2S2/c1-2-14-25-19-9-8-18(15-20-19)26(23,24)22-12-10-21(11-13-22)16-17-6-4-3-5-7-17/h2-9,15H,1,10-14,16H2. The Hall–Kier alpha value is -1.67. The fraction of sp³-hybridized carbons (Fsp3) is 0.316. The lowest BCUT2D eigenvalue weighted by Gasteiger charge is -2.33. The number of rotatable bonds is 7. The van der Waals surface area contributed by atoms with E-state index in [0.717, 1.165) is 30.4 Å². The molecule has 26 heavy (non-hydrogen) atoms. The van der Waals surface area contributed by atoms with Gasteiger partial charge in [0.1, 0.15) is 4.90 Å². The van der Waals surface area contributed by atoms with Gasteiger partial charge in [0.15, 0.2) is 0 Å². The molecule has 2 heterocycles. The van der Waals surface area contributed by atoms with Gasteiger partial charge in [-0.3, -0.25) is 4.90 Å². The lowest BCUT2D eigenvalue weighted by atomic mass is 10.2. The predicted octanol–water partition coefficient (Wildman–Crippen LogP) is 2.87. The molecule has 0 bridgehead atoms. The number of piperazine rings is 1.